The Kier molecular flexibility index (Phi) is 5.28. The van der Waals surface area contributed by atoms with E-state index in [1.807, 2.05) is 6.07 Å². The van der Waals surface area contributed by atoms with Crippen molar-refractivity contribution in [3.05, 3.63) is 164 Å². The molecule has 0 unspecified atom stereocenters. The van der Waals surface area contributed by atoms with Gasteiger partial charge in [0.2, 0.25) is 0 Å². The Bertz CT molecular complexity index is 2780. The van der Waals surface area contributed by atoms with E-state index in [1.165, 1.54) is 54.1 Å². The van der Waals surface area contributed by atoms with Gasteiger partial charge in [-0.15, -0.1) is 0 Å². The lowest BCUT2D eigenvalue weighted by molar-refractivity contribution is 1.17. The molecule has 0 amide bonds. The van der Waals surface area contributed by atoms with Crippen molar-refractivity contribution in [2.75, 3.05) is 0 Å². The maximum atomic E-state index is 5.06. The van der Waals surface area contributed by atoms with E-state index in [0.717, 1.165) is 33.8 Å². The Morgan fingerprint density at radius 2 is 1.09 bits per heavy atom. The molecule has 0 aliphatic carbocycles. The second-order valence-corrected chi connectivity index (χ2v) is 12.0. The molecule has 0 aliphatic rings. The van der Waals surface area contributed by atoms with E-state index in [1.54, 1.807) is 0 Å². The standard InChI is InChI=1S/C43H27N3/c1-2-13-29(14-3-1)41-42(45-27-11-10-20-38(45)44-41)30-21-24-31(25-22-30)46-37-19-9-8-18-36(37)40-34-17-7-6-16-33(34)35-26-23-28-12-4-5-15-32(28)39(35)43(40)46/h1-27H. The van der Waals surface area contributed by atoms with Gasteiger partial charge in [-0.05, 0) is 57.3 Å². The van der Waals surface area contributed by atoms with Crippen LogP contribution in [0.2, 0.25) is 0 Å². The molecule has 10 rings (SSSR count). The van der Waals surface area contributed by atoms with Gasteiger partial charge in [0.05, 0.1) is 22.4 Å². The van der Waals surface area contributed by atoms with E-state index in [-0.39, 0.29) is 0 Å². The molecular formula is C43H27N3. The fraction of sp³-hybridized carbons (Fsp3) is 0. The molecule has 3 heteroatoms. The highest BCUT2D eigenvalue weighted by molar-refractivity contribution is 6.36. The first kappa shape index (κ1) is 25.2. The van der Waals surface area contributed by atoms with E-state index < -0.39 is 0 Å². The van der Waals surface area contributed by atoms with E-state index in [0.29, 0.717) is 0 Å². The van der Waals surface area contributed by atoms with Gasteiger partial charge in [0.1, 0.15) is 5.65 Å². The van der Waals surface area contributed by atoms with Gasteiger partial charge in [0, 0.05) is 39.2 Å². The topological polar surface area (TPSA) is 22.2 Å². The van der Waals surface area contributed by atoms with E-state index in [2.05, 4.69) is 167 Å². The zero-order valence-corrected chi connectivity index (χ0v) is 24.9. The molecule has 0 bridgehead atoms. The van der Waals surface area contributed by atoms with Gasteiger partial charge in [-0.25, -0.2) is 4.98 Å². The third-order valence-electron chi connectivity index (χ3n) is 9.50. The minimum atomic E-state index is 0.938. The molecule has 3 aromatic heterocycles. The second kappa shape index (κ2) is 9.65. The predicted octanol–water partition coefficient (Wildman–Crippen LogP) is 11.2. The summed E-state index contributed by atoms with van der Waals surface area (Å²) in [7, 11) is 0. The summed E-state index contributed by atoms with van der Waals surface area (Å²) in [5, 5.41) is 10.2. The average molecular weight is 586 g/mol. The normalized spacial score (nSPS) is 11.9. The third-order valence-corrected chi connectivity index (χ3v) is 9.50. The number of imidazole rings is 1. The number of nitrogens with zero attached hydrogens (tertiary/aromatic N) is 3. The van der Waals surface area contributed by atoms with Gasteiger partial charge in [-0.3, -0.25) is 4.40 Å². The van der Waals surface area contributed by atoms with Crippen LogP contribution in [0.25, 0.3) is 88.0 Å². The number of hydrogen-bond acceptors (Lipinski definition) is 1. The van der Waals surface area contributed by atoms with Crippen molar-refractivity contribution in [3.63, 3.8) is 0 Å². The van der Waals surface area contributed by atoms with Gasteiger partial charge < -0.3 is 4.57 Å². The number of rotatable bonds is 3. The second-order valence-electron chi connectivity index (χ2n) is 12.0. The molecule has 7 aromatic carbocycles. The summed E-state index contributed by atoms with van der Waals surface area (Å²) in [5.41, 5.74) is 8.84. The molecule has 3 heterocycles. The van der Waals surface area contributed by atoms with Crippen LogP contribution in [0.4, 0.5) is 0 Å². The van der Waals surface area contributed by atoms with Crippen LogP contribution >= 0.6 is 0 Å². The number of pyridine rings is 1. The smallest absolute Gasteiger partial charge is 0.137 e. The van der Waals surface area contributed by atoms with Gasteiger partial charge in [0.25, 0.3) is 0 Å². The summed E-state index contributed by atoms with van der Waals surface area (Å²) in [6.07, 6.45) is 2.10. The number of para-hydroxylation sites is 1. The summed E-state index contributed by atoms with van der Waals surface area (Å²) >= 11 is 0. The highest BCUT2D eigenvalue weighted by atomic mass is 15.0. The van der Waals surface area contributed by atoms with Crippen LogP contribution in [0.1, 0.15) is 0 Å². The quantitative estimate of drug-likeness (QED) is 0.189. The molecule has 0 aliphatic heterocycles. The van der Waals surface area contributed by atoms with Crippen molar-refractivity contribution in [3.8, 4) is 28.2 Å². The van der Waals surface area contributed by atoms with Crippen molar-refractivity contribution in [2.24, 2.45) is 0 Å². The molecule has 0 N–H and O–H groups in total. The summed E-state index contributed by atoms with van der Waals surface area (Å²) in [6, 6.07) is 56.8. The summed E-state index contributed by atoms with van der Waals surface area (Å²) in [4.78, 5) is 5.06. The van der Waals surface area contributed by atoms with E-state index >= 15 is 0 Å². The number of hydrogen-bond donors (Lipinski definition) is 0. The largest absolute Gasteiger partial charge is 0.309 e. The first-order valence-corrected chi connectivity index (χ1v) is 15.7. The molecule has 10 aromatic rings. The monoisotopic (exact) mass is 585 g/mol. The minimum Gasteiger partial charge on any atom is -0.309 e. The molecule has 46 heavy (non-hydrogen) atoms. The number of benzene rings is 7. The molecule has 3 nitrogen and oxygen atoms in total. The zero-order valence-electron chi connectivity index (χ0n) is 24.9. The van der Waals surface area contributed by atoms with Gasteiger partial charge in [-0.2, -0.15) is 0 Å². The van der Waals surface area contributed by atoms with Gasteiger partial charge in [0.15, 0.2) is 0 Å². The summed E-state index contributed by atoms with van der Waals surface area (Å²) in [6.45, 7) is 0. The van der Waals surface area contributed by atoms with Crippen molar-refractivity contribution >= 4 is 59.8 Å². The van der Waals surface area contributed by atoms with Crippen molar-refractivity contribution in [1.82, 2.24) is 14.0 Å². The zero-order chi connectivity index (χ0) is 30.2. The Hall–Kier alpha value is -6.19. The maximum absolute atomic E-state index is 5.06. The van der Waals surface area contributed by atoms with Gasteiger partial charge >= 0.3 is 0 Å². The molecule has 0 radical (unpaired) electrons. The average Bonchev–Trinajstić information content (AvgIpc) is 3.69. The Morgan fingerprint density at radius 3 is 1.93 bits per heavy atom. The van der Waals surface area contributed by atoms with Crippen LogP contribution in [0.5, 0.6) is 0 Å². The van der Waals surface area contributed by atoms with Gasteiger partial charge in [-0.1, -0.05) is 127 Å². The Morgan fingerprint density at radius 1 is 0.435 bits per heavy atom. The molecule has 0 saturated heterocycles. The van der Waals surface area contributed by atoms with E-state index in [4.69, 9.17) is 4.98 Å². The van der Waals surface area contributed by atoms with Crippen LogP contribution in [0, 0.1) is 0 Å². The lowest BCUT2D eigenvalue weighted by Gasteiger charge is -2.15. The molecule has 214 valence electrons. The number of aromatic nitrogens is 3. The minimum absolute atomic E-state index is 0.938. The van der Waals surface area contributed by atoms with Crippen LogP contribution in [0.15, 0.2) is 164 Å². The van der Waals surface area contributed by atoms with Crippen LogP contribution < -0.4 is 0 Å². The predicted molar refractivity (Wildman–Crippen MR) is 193 cm³/mol. The lowest BCUT2D eigenvalue weighted by atomic mass is 9.93. The van der Waals surface area contributed by atoms with Crippen LogP contribution in [-0.4, -0.2) is 14.0 Å². The Balaban J connectivity index is 1.30. The molecule has 0 fully saturated rings. The fourth-order valence-corrected chi connectivity index (χ4v) is 7.54. The first-order chi connectivity index (χ1) is 22.8. The van der Waals surface area contributed by atoms with Crippen molar-refractivity contribution in [2.45, 2.75) is 0 Å². The highest BCUT2D eigenvalue weighted by Gasteiger charge is 2.21. The fourth-order valence-electron chi connectivity index (χ4n) is 7.54. The first-order valence-electron chi connectivity index (χ1n) is 15.7. The van der Waals surface area contributed by atoms with Crippen LogP contribution in [0.3, 0.4) is 0 Å². The molecular weight excluding hydrogens is 558 g/mol. The third kappa shape index (κ3) is 3.51. The summed E-state index contributed by atoms with van der Waals surface area (Å²) in [5.74, 6) is 0. The number of fused-ring (bicyclic) bond motifs is 11. The summed E-state index contributed by atoms with van der Waals surface area (Å²) < 4.78 is 4.67. The van der Waals surface area contributed by atoms with E-state index in [9.17, 15) is 0 Å². The van der Waals surface area contributed by atoms with Crippen molar-refractivity contribution in [1.29, 1.82) is 0 Å². The van der Waals surface area contributed by atoms with Crippen LogP contribution in [-0.2, 0) is 0 Å². The lowest BCUT2D eigenvalue weighted by Crippen LogP contribution is -1.96. The maximum Gasteiger partial charge on any atom is 0.137 e. The molecule has 0 atom stereocenters. The highest BCUT2D eigenvalue weighted by Crippen LogP contribution is 2.44. The SMILES string of the molecule is c1ccc(-c2nc3ccccn3c2-c2ccc(-n3c4ccccc4c4c5ccccc5c5ccc6ccccc6c5c43)cc2)cc1. The Labute approximate surface area is 265 Å². The molecule has 0 saturated carbocycles. The molecule has 0 spiro atoms. The van der Waals surface area contributed by atoms with Crippen molar-refractivity contribution < 1.29 is 0 Å².